The van der Waals surface area contributed by atoms with Crippen LogP contribution in [-0.2, 0) is 0 Å². The minimum absolute atomic E-state index is 0.245. The molecule has 1 N–H and O–H groups in total. The van der Waals surface area contributed by atoms with Crippen LogP contribution in [0.3, 0.4) is 0 Å². The number of rotatable bonds is 3. The first kappa shape index (κ1) is 13.3. The zero-order valence-electron chi connectivity index (χ0n) is 10.8. The lowest BCUT2D eigenvalue weighted by Crippen LogP contribution is -2.03. The summed E-state index contributed by atoms with van der Waals surface area (Å²) < 4.78 is 14.3. The van der Waals surface area contributed by atoms with Crippen LogP contribution < -0.4 is 5.32 Å². The molecule has 1 aromatic heterocycles. The van der Waals surface area contributed by atoms with Gasteiger partial charge >= 0.3 is 0 Å². The van der Waals surface area contributed by atoms with Gasteiger partial charge in [0.25, 0.3) is 0 Å². The van der Waals surface area contributed by atoms with Crippen molar-refractivity contribution in [1.82, 2.24) is 4.98 Å². The summed E-state index contributed by atoms with van der Waals surface area (Å²) in [4.78, 5) is 4.51. The number of hydrogen-bond acceptors (Lipinski definition) is 2. The van der Waals surface area contributed by atoms with E-state index in [1.165, 1.54) is 6.07 Å². The lowest BCUT2D eigenvalue weighted by molar-refractivity contribution is 0.622. The van der Waals surface area contributed by atoms with Crippen molar-refractivity contribution in [3.63, 3.8) is 0 Å². The summed E-state index contributed by atoms with van der Waals surface area (Å²) in [7, 11) is 0. The molecule has 4 heteroatoms. The van der Waals surface area contributed by atoms with E-state index in [1.807, 2.05) is 19.9 Å². The number of halogens is 2. The summed E-state index contributed by atoms with van der Waals surface area (Å²) in [6, 6.07) is 3.48. The lowest BCUT2D eigenvalue weighted by atomic mass is 10.1. The second-order valence-corrected chi connectivity index (χ2v) is 5.24. The largest absolute Gasteiger partial charge is 0.384 e. The number of nitrogens with zero attached hydrogens (tertiary/aromatic N) is 1. The van der Waals surface area contributed by atoms with Crippen LogP contribution in [0.5, 0.6) is 0 Å². The van der Waals surface area contributed by atoms with Crippen LogP contribution in [0.25, 0.3) is 10.9 Å². The van der Waals surface area contributed by atoms with Gasteiger partial charge in [-0.3, -0.25) is 4.98 Å². The van der Waals surface area contributed by atoms with E-state index in [4.69, 9.17) is 0 Å². The zero-order valence-corrected chi connectivity index (χ0v) is 12.4. The molecule has 0 amide bonds. The molecule has 1 heterocycles. The molecule has 2 nitrogen and oxygen atoms in total. The number of anilines is 1. The van der Waals surface area contributed by atoms with E-state index in [9.17, 15) is 4.39 Å². The lowest BCUT2D eigenvalue weighted by Gasteiger charge is -2.13. The Balaban J connectivity index is 2.75. The second kappa shape index (κ2) is 5.22. The molecule has 96 valence electrons. The van der Waals surface area contributed by atoms with Crippen molar-refractivity contribution in [2.24, 2.45) is 0 Å². The normalized spacial score (nSPS) is 10.9. The summed E-state index contributed by atoms with van der Waals surface area (Å²) in [6.07, 6.45) is 1.02. The third-order valence-corrected chi connectivity index (χ3v) is 3.63. The van der Waals surface area contributed by atoms with E-state index in [-0.39, 0.29) is 5.82 Å². The van der Waals surface area contributed by atoms with E-state index in [0.29, 0.717) is 4.47 Å². The molecule has 0 bridgehead atoms. The first-order chi connectivity index (χ1) is 8.54. The third-order valence-electron chi connectivity index (χ3n) is 2.86. The van der Waals surface area contributed by atoms with Gasteiger partial charge in [-0.05, 0) is 53.9 Å². The van der Waals surface area contributed by atoms with Gasteiger partial charge in [-0.15, -0.1) is 0 Å². The number of pyridine rings is 1. The first-order valence-corrected chi connectivity index (χ1v) is 6.83. The maximum absolute atomic E-state index is 13.8. The van der Waals surface area contributed by atoms with Crippen molar-refractivity contribution in [1.29, 1.82) is 0 Å². The van der Waals surface area contributed by atoms with E-state index in [0.717, 1.165) is 40.8 Å². The van der Waals surface area contributed by atoms with E-state index in [1.54, 1.807) is 0 Å². The molecule has 2 rings (SSSR count). The van der Waals surface area contributed by atoms with Crippen LogP contribution in [0.1, 0.15) is 24.6 Å². The number of hydrogen-bond donors (Lipinski definition) is 1. The number of fused-ring (bicyclic) bond motifs is 1. The highest BCUT2D eigenvalue weighted by atomic mass is 79.9. The predicted molar refractivity (Wildman–Crippen MR) is 77.7 cm³/mol. The highest BCUT2D eigenvalue weighted by Crippen LogP contribution is 2.34. The number of aromatic nitrogens is 1. The number of nitrogens with one attached hydrogen (secondary N) is 1. The Bertz CT molecular complexity index is 596. The highest BCUT2D eigenvalue weighted by Gasteiger charge is 2.13. The quantitative estimate of drug-likeness (QED) is 0.898. The standard InChI is InChI=1S/C14H16BrFN2/c1-4-5-17-11-7-9(3)18-14-8(2)6-10(16)13(15)12(11)14/h6-7H,4-5H2,1-3H3,(H,17,18). The minimum Gasteiger partial charge on any atom is -0.384 e. The van der Waals surface area contributed by atoms with Crippen LogP contribution in [-0.4, -0.2) is 11.5 Å². The molecule has 0 saturated heterocycles. The van der Waals surface area contributed by atoms with Crippen molar-refractivity contribution >= 4 is 32.5 Å². The predicted octanol–water partition coefficient (Wildman–Crippen LogP) is 4.58. The fraction of sp³-hybridized carbons (Fsp3) is 0.357. The van der Waals surface area contributed by atoms with Gasteiger partial charge in [-0.2, -0.15) is 0 Å². The maximum Gasteiger partial charge on any atom is 0.138 e. The summed E-state index contributed by atoms with van der Waals surface area (Å²) in [5.41, 5.74) is 3.58. The summed E-state index contributed by atoms with van der Waals surface area (Å²) in [5.74, 6) is -0.245. The van der Waals surface area contributed by atoms with Crippen molar-refractivity contribution in [3.05, 3.63) is 33.7 Å². The van der Waals surface area contributed by atoms with Crippen LogP contribution in [0.2, 0.25) is 0 Å². The second-order valence-electron chi connectivity index (χ2n) is 4.45. The fourth-order valence-electron chi connectivity index (χ4n) is 2.02. The summed E-state index contributed by atoms with van der Waals surface area (Å²) in [5, 5.41) is 4.16. The number of aryl methyl sites for hydroxylation is 2. The monoisotopic (exact) mass is 310 g/mol. The van der Waals surface area contributed by atoms with Crippen molar-refractivity contribution in [3.8, 4) is 0 Å². The molecule has 2 aromatic rings. The van der Waals surface area contributed by atoms with Gasteiger partial charge in [0.2, 0.25) is 0 Å². The molecule has 0 aliphatic rings. The Labute approximate surface area is 115 Å². The molecule has 0 atom stereocenters. The van der Waals surface area contributed by atoms with Crippen LogP contribution in [0.4, 0.5) is 10.1 Å². The first-order valence-electron chi connectivity index (χ1n) is 6.04. The van der Waals surface area contributed by atoms with Gasteiger partial charge in [0.05, 0.1) is 9.99 Å². The van der Waals surface area contributed by atoms with Crippen molar-refractivity contribution in [2.45, 2.75) is 27.2 Å². The Kier molecular flexibility index (Phi) is 3.85. The van der Waals surface area contributed by atoms with Gasteiger partial charge < -0.3 is 5.32 Å². The van der Waals surface area contributed by atoms with Gasteiger partial charge in [0, 0.05) is 23.3 Å². The maximum atomic E-state index is 13.8. The van der Waals surface area contributed by atoms with Gasteiger partial charge in [0.1, 0.15) is 5.82 Å². The van der Waals surface area contributed by atoms with Crippen LogP contribution >= 0.6 is 15.9 Å². The van der Waals surface area contributed by atoms with Gasteiger partial charge in [0.15, 0.2) is 0 Å². The molecular weight excluding hydrogens is 295 g/mol. The fourth-order valence-corrected chi connectivity index (χ4v) is 2.54. The molecular formula is C14H16BrFN2. The Morgan fingerprint density at radius 1 is 1.33 bits per heavy atom. The average molecular weight is 311 g/mol. The van der Waals surface area contributed by atoms with E-state index < -0.39 is 0 Å². The molecule has 0 spiro atoms. The highest BCUT2D eigenvalue weighted by molar-refractivity contribution is 9.10. The average Bonchev–Trinajstić information content (AvgIpc) is 2.33. The summed E-state index contributed by atoms with van der Waals surface area (Å²) >= 11 is 3.33. The molecule has 0 fully saturated rings. The van der Waals surface area contributed by atoms with Crippen molar-refractivity contribution < 1.29 is 4.39 Å². The molecule has 1 aromatic carbocycles. The van der Waals surface area contributed by atoms with Gasteiger partial charge in [-0.1, -0.05) is 6.92 Å². The Morgan fingerprint density at radius 2 is 2.06 bits per heavy atom. The SMILES string of the molecule is CCCNc1cc(C)nc2c(C)cc(F)c(Br)c12. The third kappa shape index (κ3) is 2.34. The molecule has 0 aliphatic heterocycles. The molecule has 0 radical (unpaired) electrons. The van der Waals surface area contributed by atoms with Crippen LogP contribution in [0.15, 0.2) is 16.6 Å². The number of benzene rings is 1. The molecule has 0 saturated carbocycles. The van der Waals surface area contributed by atoms with Crippen molar-refractivity contribution in [2.75, 3.05) is 11.9 Å². The van der Waals surface area contributed by atoms with Gasteiger partial charge in [-0.25, -0.2) is 4.39 Å². The van der Waals surface area contributed by atoms with Crippen LogP contribution in [0, 0.1) is 19.7 Å². The minimum atomic E-state index is -0.245. The topological polar surface area (TPSA) is 24.9 Å². The smallest absolute Gasteiger partial charge is 0.138 e. The Morgan fingerprint density at radius 3 is 2.72 bits per heavy atom. The Hall–Kier alpha value is -1.16. The molecule has 18 heavy (non-hydrogen) atoms. The zero-order chi connectivity index (χ0) is 13.3. The molecule has 0 aliphatic carbocycles. The summed E-state index contributed by atoms with van der Waals surface area (Å²) in [6.45, 7) is 6.80. The van der Waals surface area contributed by atoms with E-state index >= 15 is 0 Å². The van der Waals surface area contributed by atoms with E-state index in [2.05, 4.69) is 33.2 Å². The molecule has 0 unspecified atom stereocenters.